The van der Waals surface area contributed by atoms with Gasteiger partial charge in [-0.05, 0) is 12.8 Å². The number of imide groups is 1. The van der Waals surface area contributed by atoms with Crippen molar-refractivity contribution in [2.24, 2.45) is 13.0 Å². The summed E-state index contributed by atoms with van der Waals surface area (Å²) in [7, 11) is 1.67. The van der Waals surface area contributed by atoms with Crippen molar-refractivity contribution in [2.45, 2.75) is 32.1 Å². The molecule has 114 valence electrons. The molecule has 1 aromatic heterocycles. The lowest BCUT2D eigenvalue weighted by atomic mass is 9.89. The molecule has 1 aliphatic rings. The fourth-order valence-corrected chi connectivity index (χ4v) is 2.38. The van der Waals surface area contributed by atoms with Gasteiger partial charge in [0.2, 0.25) is 5.91 Å². The molecule has 7 nitrogen and oxygen atoms in total. The van der Waals surface area contributed by atoms with Crippen LogP contribution >= 0.6 is 0 Å². The van der Waals surface area contributed by atoms with E-state index in [4.69, 9.17) is 4.74 Å². The molecule has 1 heterocycles. The zero-order valence-electron chi connectivity index (χ0n) is 12.0. The summed E-state index contributed by atoms with van der Waals surface area (Å²) in [6, 6.07) is 0. The van der Waals surface area contributed by atoms with E-state index >= 15 is 0 Å². The van der Waals surface area contributed by atoms with E-state index in [1.165, 1.54) is 17.1 Å². The molecule has 0 radical (unpaired) electrons. The van der Waals surface area contributed by atoms with Crippen molar-refractivity contribution >= 4 is 17.8 Å². The van der Waals surface area contributed by atoms with Crippen LogP contribution in [0.25, 0.3) is 0 Å². The second kappa shape index (κ2) is 7.01. The average molecular weight is 293 g/mol. The van der Waals surface area contributed by atoms with Gasteiger partial charge in [-0.15, -0.1) is 0 Å². The fourth-order valence-electron chi connectivity index (χ4n) is 2.38. The molecule has 1 fully saturated rings. The molecule has 0 saturated heterocycles. The van der Waals surface area contributed by atoms with E-state index in [1.54, 1.807) is 7.05 Å². The van der Waals surface area contributed by atoms with E-state index in [2.05, 4.69) is 10.4 Å². The van der Waals surface area contributed by atoms with Gasteiger partial charge < -0.3 is 4.74 Å². The van der Waals surface area contributed by atoms with Crippen LogP contribution in [0.5, 0.6) is 0 Å². The van der Waals surface area contributed by atoms with Crippen LogP contribution in [0, 0.1) is 5.92 Å². The van der Waals surface area contributed by atoms with E-state index < -0.39 is 18.5 Å². The van der Waals surface area contributed by atoms with Gasteiger partial charge in [-0.2, -0.15) is 5.10 Å². The molecular formula is C14H19N3O4. The molecule has 1 aliphatic carbocycles. The molecule has 7 heteroatoms. The van der Waals surface area contributed by atoms with Gasteiger partial charge in [-0.3, -0.25) is 19.6 Å². The lowest BCUT2D eigenvalue weighted by molar-refractivity contribution is -0.135. The molecule has 1 aromatic rings. The second-order valence-corrected chi connectivity index (χ2v) is 5.23. The monoisotopic (exact) mass is 293 g/mol. The number of aromatic nitrogens is 2. The first-order chi connectivity index (χ1) is 10.1. The Balaban J connectivity index is 1.74. The van der Waals surface area contributed by atoms with Crippen molar-refractivity contribution in [1.29, 1.82) is 0 Å². The van der Waals surface area contributed by atoms with Crippen molar-refractivity contribution < 1.29 is 19.1 Å². The Morgan fingerprint density at radius 2 is 2.05 bits per heavy atom. The number of nitrogens with one attached hydrogen (secondary N) is 1. The standard InChI is InChI=1S/C14H19N3O4/c1-17-8-11(7-15-17)14(20)21-9-12(18)16-13(19)10-5-3-2-4-6-10/h7-8,10H,2-6,9H2,1H3,(H,16,18,19). The quantitative estimate of drug-likeness (QED) is 0.829. The van der Waals surface area contributed by atoms with Gasteiger partial charge in [-0.1, -0.05) is 19.3 Å². The maximum Gasteiger partial charge on any atom is 0.341 e. The summed E-state index contributed by atoms with van der Waals surface area (Å²) in [5, 5.41) is 6.12. The third-order valence-electron chi connectivity index (χ3n) is 3.51. The Labute approximate surface area is 122 Å². The van der Waals surface area contributed by atoms with Crippen LogP contribution in [0.4, 0.5) is 0 Å². The van der Waals surface area contributed by atoms with Gasteiger partial charge in [0.1, 0.15) is 0 Å². The first-order valence-corrected chi connectivity index (χ1v) is 7.05. The molecule has 1 N–H and O–H groups in total. The number of esters is 1. The predicted molar refractivity (Wildman–Crippen MR) is 73.2 cm³/mol. The number of carbonyl (C=O) groups excluding carboxylic acids is 3. The summed E-state index contributed by atoms with van der Waals surface area (Å²) in [4.78, 5) is 35.1. The maximum absolute atomic E-state index is 11.8. The summed E-state index contributed by atoms with van der Waals surface area (Å²) in [6.45, 7) is -0.466. The van der Waals surface area contributed by atoms with Crippen LogP contribution < -0.4 is 5.32 Å². The maximum atomic E-state index is 11.8. The average Bonchev–Trinajstić information content (AvgIpc) is 2.92. The summed E-state index contributed by atoms with van der Waals surface area (Å²) in [6.07, 6.45) is 7.65. The first-order valence-electron chi connectivity index (χ1n) is 7.05. The lowest BCUT2D eigenvalue weighted by Gasteiger charge is -2.20. The SMILES string of the molecule is Cn1cc(C(=O)OCC(=O)NC(=O)C2CCCCC2)cn1. The van der Waals surface area contributed by atoms with Crippen LogP contribution in [0.1, 0.15) is 42.5 Å². The number of nitrogens with zero attached hydrogens (tertiary/aromatic N) is 2. The molecule has 2 rings (SSSR count). The lowest BCUT2D eigenvalue weighted by Crippen LogP contribution is -2.38. The highest BCUT2D eigenvalue weighted by atomic mass is 16.5. The van der Waals surface area contributed by atoms with Crippen molar-refractivity contribution in [1.82, 2.24) is 15.1 Å². The van der Waals surface area contributed by atoms with E-state index in [-0.39, 0.29) is 17.4 Å². The van der Waals surface area contributed by atoms with Crippen LogP contribution in [0.2, 0.25) is 0 Å². The second-order valence-electron chi connectivity index (χ2n) is 5.23. The number of carbonyl (C=O) groups is 3. The van der Waals surface area contributed by atoms with Crippen molar-refractivity contribution in [3.05, 3.63) is 18.0 Å². The number of hydrogen-bond acceptors (Lipinski definition) is 5. The Hall–Kier alpha value is -2.18. The minimum absolute atomic E-state index is 0.100. The fraction of sp³-hybridized carbons (Fsp3) is 0.571. The smallest absolute Gasteiger partial charge is 0.341 e. The first kappa shape index (κ1) is 15.2. The van der Waals surface area contributed by atoms with E-state index in [0.29, 0.717) is 0 Å². The molecule has 0 atom stereocenters. The van der Waals surface area contributed by atoms with Gasteiger partial charge in [-0.25, -0.2) is 4.79 Å². The van der Waals surface area contributed by atoms with Gasteiger partial charge in [0.25, 0.3) is 5.91 Å². The molecular weight excluding hydrogens is 274 g/mol. The van der Waals surface area contributed by atoms with Crippen LogP contribution in [0.3, 0.4) is 0 Å². The van der Waals surface area contributed by atoms with Crippen LogP contribution in [-0.2, 0) is 21.4 Å². The molecule has 0 unspecified atom stereocenters. The summed E-state index contributed by atoms with van der Waals surface area (Å²) >= 11 is 0. The highest BCUT2D eigenvalue weighted by Crippen LogP contribution is 2.23. The molecule has 2 amide bonds. The third-order valence-corrected chi connectivity index (χ3v) is 3.51. The molecule has 1 saturated carbocycles. The van der Waals surface area contributed by atoms with Crippen molar-refractivity contribution in [3.8, 4) is 0 Å². The largest absolute Gasteiger partial charge is 0.452 e. The molecule has 21 heavy (non-hydrogen) atoms. The number of amides is 2. The minimum Gasteiger partial charge on any atom is -0.452 e. The highest BCUT2D eigenvalue weighted by molar-refractivity contribution is 5.98. The predicted octanol–water partition coefficient (Wildman–Crippen LogP) is 0.800. The topological polar surface area (TPSA) is 90.3 Å². The number of rotatable bonds is 4. The van der Waals surface area contributed by atoms with E-state index in [1.807, 2.05) is 0 Å². The van der Waals surface area contributed by atoms with E-state index in [9.17, 15) is 14.4 Å². The summed E-state index contributed by atoms with van der Waals surface area (Å²) in [5.74, 6) is -1.60. The normalized spacial score (nSPS) is 15.5. The molecule has 0 aromatic carbocycles. The number of ether oxygens (including phenoxy) is 1. The Kier molecular flexibility index (Phi) is 5.08. The minimum atomic E-state index is -0.636. The van der Waals surface area contributed by atoms with Gasteiger partial charge in [0, 0.05) is 19.2 Å². The van der Waals surface area contributed by atoms with Gasteiger partial charge >= 0.3 is 5.97 Å². The summed E-state index contributed by atoms with van der Waals surface area (Å²) in [5.41, 5.74) is 0.268. The highest BCUT2D eigenvalue weighted by Gasteiger charge is 2.23. The van der Waals surface area contributed by atoms with Crippen LogP contribution in [-0.4, -0.2) is 34.2 Å². The number of hydrogen-bond donors (Lipinski definition) is 1. The Morgan fingerprint density at radius 3 is 2.67 bits per heavy atom. The van der Waals surface area contributed by atoms with Crippen molar-refractivity contribution in [3.63, 3.8) is 0 Å². The molecule has 0 aliphatic heterocycles. The number of aryl methyl sites for hydroxylation is 1. The third kappa shape index (κ3) is 4.40. The Bertz CT molecular complexity index is 532. The van der Waals surface area contributed by atoms with E-state index in [0.717, 1.165) is 32.1 Å². The summed E-state index contributed by atoms with van der Waals surface area (Å²) < 4.78 is 6.30. The Morgan fingerprint density at radius 1 is 1.33 bits per heavy atom. The van der Waals surface area contributed by atoms with Crippen molar-refractivity contribution in [2.75, 3.05) is 6.61 Å². The van der Waals surface area contributed by atoms with Gasteiger partial charge in [0.15, 0.2) is 6.61 Å². The molecule has 0 spiro atoms. The zero-order valence-corrected chi connectivity index (χ0v) is 12.0. The molecule has 0 bridgehead atoms. The zero-order chi connectivity index (χ0) is 15.2. The van der Waals surface area contributed by atoms with Gasteiger partial charge in [0.05, 0.1) is 11.8 Å². The van der Waals surface area contributed by atoms with Crippen LogP contribution in [0.15, 0.2) is 12.4 Å².